The third-order valence-corrected chi connectivity index (χ3v) is 1.98. The zero-order chi connectivity index (χ0) is 8.48. The molecule has 0 aliphatic heterocycles. The van der Waals surface area contributed by atoms with Crippen LogP contribution in [0.5, 0.6) is 0 Å². The lowest BCUT2D eigenvalue weighted by atomic mass is 9.88. The molecule has 11 heavy (non-hydrogen) atoms. The van der Waals surface area contributed by atoms with Crippen LogP contribution in [-0.2, 0) is 0 Å². The van der Waals surface area contributed by atoms with Gasteiger partial charge in [-0.05, 0) is 18.8 Å². The molecule has 0 spiro atoms. The molecule has 0 heterocycles. The van der Waals surface area contributed by atoms with Crippen molar-refractivity contribution in [1.82, 2.24) is 0 Å². The van der Waals surface area contributed by atoms with Crippen LogP contribution in [0.25, 0.3) is 0 Å². The second-order valence-electron chi connectivity index (χ2n) is 3.15. The van der Waals surface area contributed by atoms with Gasteiger partial charge in [-0.2, -0.15) is 13.2 Å². The molecule has 1 aliphatic rings. The number of allylic oxidation sites excluding steroid dienone is 2. The molecule has 0 bridgehead atoms. The predicted molar refractivity (Wildman–Crippen MR) is 37.1 cm³/mol. The molecule has 0 aromatic heterocycles. The Balaban J connectivity index is 2.60. The SMILES string of the molecule is CC1CC=CC(C(F)(F)F)C1. The predicted octanol–water partition coefficient (Wildman–Crippen LogP) is 3.15. The number of hydrogen-bond acceptors (Lipinski definition) is 0. The number of alkyl halides is 3. The van der Waals surface area contributed by atoms with Crippen LogP contribution in [0, 0.1) is 11.8 Å². The van der Waals surface area contributed by atoms with Crippen LogP contribution in [0.15, 0.2) is 12.2 Å². The van der Waals surface area contributed by atoms with E-state index >= 15 is 0 Å². The van der Waals surface area contributed by atoms with Gasteiger partial charge in [-0.3, -0.25) is 0 Å². The van der Waals surface area contributed by atoms with Crippen molar-refractivity contribution in [3.8, 4) is 0 Å². The average molecular weight is 164 g/mol. The fourth-order valence-corrected chi connectivity index (χ4v) is 1.33. The molecule has 1 rings (SSSR count). The van der Waals surface area contributed by atoms with Gasteiger partial charge in [0.15, 0.2) is 0 Å². The molecule has 0 aromatic carbocycles. The van der Waals surface area contributed by atoms with Crippen molar-refractivity contribution in [2.75, 3.05) is 0 Å². The van der Waals surface area contributed by atoms with Crippen molar-refractivity contribution in [3.63, 3.8) is 0 Å². The Morgan fingerprint density at radius 1 is 1.36 bits per heavy atom. The maximum atomic E-state index is 12.1. The topological polar surface area (TPSA) is 0 Å². The number of halogens is 3. The summed E-state index contributed by atoms with van der Waals surface area (Å²) in [5.41, 5.74) is 0. The minimum absolute atomic E-state index is 0.173. The Kier molecular flexibility index (Phi) is 2.25. The fraction of sp³-hybridized carbons (Fsp3) is 0.750. The summed E-state index contributed by atoms with van der Waals surface area (Å²) in [6.07, 6.45) is -0.0932. The lowest BCUT2D eigenvalue weighted by molar-refractivity contribution is -0.166. The third kappa shape index (κ3) is 2.24. The van der Waals surface area contributed by atoms with Crippen LogP contribution in [-0.4, -0.2) is 6.18 Å². The molecule has 0 aromatic rings. The Hall–Kier alpha value is -0.470. The highest BCUT2D eigenvalue weighted by Crippen LogP contribution is 2.35. The summed E-state index contributed by atoms with van der Waals surface area (Å²) in [7, 11) is 0. The summed E-state index contributed by atoms with van der Waals surface area (Å²) in [5, 5.41) is 0. The summed E-state index contributed by atoms with van der Waals surface area (Å²) in [4.78, 5) is 0. The summed E-state index contributed by atoms with van der Waals surface area (Å²) in [6.45, 7) is 1.85. The van der Waals surface area contributed by atoms with Gasteiger partial charge in [-0.15, -0.1) is 0 Å². The Morgan fingerprint density at radius 3 is 2.36 bits per heavy atom. The van der Waals surface area contributed by atoms with E-state index in [0.29, 0.717) is 0 Å². The molecule has 3 heteroatoms. The molecule has 2 atom stereocenters. The van der Waals surface area contributed by atoms with Gasteiger partial charge in [0.2, 0.25) is 0 Å². The zero-order valence-corrected chi connectivity index (χ0v) is 6.36. The second kappa shape index (κ2) is 2.88. The zero-order valence-electron chi connectivity index (χ0n) is 6.36. The van der Waals surface area contributed by atoms with Gasteiger partial charge in [0.25, 0.3) is 0 Å². The van der Waals surface area contributed by atoms with Gasteiger partial charge in [0.05, 0.1) is 5.92 Å². The van der Waals surface area contributed by atoms with E-state index in [1.54, 1.807) is 6.08 Å². The molecular formula is C8H11F3. The van der Waals surface area contributed by atoms with Crippen LogP contribution in [0.4, 0.5) is 13.2 Å². The monoisotopic (exact) mass is 164 g/mol. The lowest BCUT2D eigenvalue weighted by Crippen LogP contribution is -2.24. The summed E-state index contributed by atoms with van der Waals surface area (Å²) in [6, 6.07) is 0. The largest absolute Gasteiger partial charge is 0.395 e. The number of hydrogen-bond donors (Lipinski definition) is 0. The molecule has 0 amide bonds. The van der Waals surface area contributed by atoms with Gasteiger partial charge in [-0.25, -0.2) is 0 Å². The molecule has 0 N–H and O–H groups in total. The highest BCUT2D eigenvalue weighted by Gasteiger charge is 2.39. The maximum Gasteiger partial charge on any atom is 0.395 e. The van der Waals surface area contributed by atoms with Crippen molar-refractivity contribution in [2.45, 2.75) is 25.9 Å². The van der Waals surface area contributed by atoms with Crippen molar-refractivity contribution >= 4 is 0 Å². The maximum absolute atomic E-state index is 12.1. The Morgan fingerprint density at radius 2 is 2.00 bits per heavy atom. The fourth-order valence-electron chi connectivity index (χ4n) is 1.33. The first kappa shape index (κ1) is 8.62. The van der Waals surface area contributed by atoms with Crippen LogP contribution in [0.2, 0.25) is 0 Å². The van der Waals surface area contributed by atoms with Gasteiger partial charge in [0.1, 0.15) is 0 Å². The van der Waals surface area contributed by atoms with E-state index in [0.717, 1.165) is 6.42 Å². The quantitative estimate of drug-likeness (QED) is 0.482. The molecule has 0 saturated carbocycles. The minimum Gasteiger partial charge on any atom is -0.170 e. The first-order chi connectivity index (χ1) is 5.00. The summed E-state index contributed by atoms with van der Waals surface area (Å²) in [5.74, 6) is -1.03. The average Bonchev–Trinajstić information content (AvgIpc) is 1.86. The van der Waals surface area contributed by atoms with E-state index < -0.39 is 12.1 Å². The third-order valence-electron chi connectivity index (χ3n) is 1.98. The molecule has 64 valence electrons. The van der Waals surface area contributed by atoms with Gasteiger partial charge >= 0.3 is 6.18 Å². The molecular weight excluding hydrogens is 153 g/mol. The van der Waals surface area contributed by atoms with Crippen LogP contribution in [0.1, 0.15) is 19.8 Å². The second-order valence-corrected chi connectivity index (χ2v) is 3.15. The van der Waals surface area contributed by atoms with E-state index in [9.17, 15) is 13.2 Å². The van der Waals surface area contributed by atoms with E-state index in [1.807, 2.05) is 6.92 Å². The minimum atomic E-state index is -4.04. The van der Waals surface area contributed by atoms with Crippen molar-refractivity contribution in [2.24, 2.45) is 11.8 Å². The lowest BCUT2D eigenvalue weighted by Gasteiger charge is -2.23. The van der Waals surface area contributed by atoms with E-state index in [2.05, 4.69) is 0 Å². The number of rotatable bonds is 0. The standard InChI is InChI=1S/C8H11F3/c1-6-3-2-4-7(5-6)8(9,10)11/h2,4,6-7H,3,5H2,1H3. The Labute approximate surface area is 64.1 Å². The van der Waals surface area contributed by atoms with Gasteiger partial charge in [-0.1, -0.05) is 19.1 Å². The highest BCUT2D eigenvalue weighted by molar-refractivity contribution is 4.97. The van der Waals surface area contributed by atoms with Crippen molar-refractivity contribution < 1.29 is 13.2 Å². The summed E-state index contributed by atoms with van der Waals surface area (Å²) >= 11 is 0. The van der Waals surface area contributed by atoms with Crippen LogP contribution >= 0.6 is 0 Å². The first-order valence-corrected chi connectivity index (χ1v) is 3.73. The molecule has 0 fully saturated rings. The normalized spacial score (nSPS) is 32.4. The Bertz CT molecular complexity index is 157. The van der Waals surface area contributed by atoms with Gasteiger partial charge < -0.3 is 0 Å². The summed E-state index contributed by atoms with van der Waals surface area (Å²) < 4.78 is 36.2. The molecule has 0 nitrogen and oxygen atoms in total. The van der Waals surface area contributed by atoms with Crippen LogP contribution < -0.4 is 0 Å². The van der Waals surface area contributed by atoms with Crippen molar-refractivity contribution in [3.05, 3.63) is 12.2 Å². The molecule has 0 saturated heterocycles. The smallest absolute Gasteiger partial charge is 0.170 e. The van der Waals surface area contributed by atoms with Gasteiger partial charge in [0, 0.05) is 0 Å². The van der Waals surface area contributed by atoms with Crippen molar-refractivity contribution in [1.29, 1.82) is 0 Å². The molecule has 2 unspecified atom stereocenters. The van der Waals surface area contributed by atoms with E-state index in [4.69, 9.17) is 0 Å². The molecule has 1 aliphatic carbocycles. The van der Waals surface area contributed by atoms with E-state index in [1.165, 1.54) is 6.08 Å². The van der Waals surface area contributed by atoms with E-state index in [-0.39, 0.29) is 12.3 Å². The molecule has 0 radical (unpaired) electrons. The highest BCUT2D eigenvalue weighted by atomic mass is 19.4. The van der Waals surface area contributed by atoms with Crippen LogP contribution in [0.3, 0.4) is 0 Å². The first-order valence-electron chi connectivity index (χ1n) is 3.73.